The molecular formula is C35H60O2. The highest BCUT2D eigenvalue weighted by Crippen LogP contribution is 2.77. The van der Waals surface area contributed by atoms with Crippen LogP contribution in [-0.2, 0) is 9.53 Å². The number of fused-ring (bicyclic) bond motifs is 3. The fourth-order valence-electron chi connectivity index (χ4n) is 9.78. The van der Waals surface area contributed by atoms with E-state index in [0.717, 1.165) is 37.7 Å². The molecule has 2 heteroatoms. The number of carbonyl (C=O) groups is 1. The minimum Gasteiger partial charge on any atom is -0.460 e. The Morgan fingerprint density at radius 3 is 2.35 bits per heavy atom. The molecule has 0 amide bonds. The van der Waals surface area contributed by atoms with Crippen molar-refractivity contribution in [2.45, 2.75) is 127 Å². The van der Waals surface area contributed by atoms with E-state index >= 15 is 0 Å². The lowest BCUT2D eigenvalue weighted by Gasteiger charge is -2.72. The first-order valence-electron chi connectivity index (χ1n) is 15.3. The predicted molar refractivity (Wildman–Crippen MR) is 160 cm³/mol. The van der Waals surface area contributed by atoms with Crippen LogP contribution in [0.2, 0.25) is 0 Å². The van der Waals surface area contributed by atoms with Crippen molar-refractivity contribution in [3.8, 4) is 0 Å². The van der Waals surface area contributed by atoms with Crippen molar-refractivity contribution >= 4 is 5.97 Å². The van der Waals surface area contributed by atoms with Crippen molar-refractivity contribution in [2.75, 3.05) is 6.61 Å². The number of rotatable bonds is 9. The van der Waals surface area contributed by atoms with Crippen LogP contribution in [0.15, 0.2) is 36.0 Å². The maximum absolute atomic E-state index is 13.9. The van der Waals surface area contributed by atoms with Gasteiger partial charge in [-0.25, -0.2) is 0 Å². The number of esters is 1. The number of allylic oxidation sites excluding steroid dienone is 3. The van der Waals surface area contributed by atoms with Crippen molar-refractivity contribution < 1.29 is 11.0 Å². The van der Waals surface area contributed by atoms with Crippen LogP contribution < -0.4 is 0 Å². The van der Waals surface area contributed by atoms with E-state index < -0.39 is 0 Å². The van der Waals surface area contributed by atoms with Gasteiger partial charge in [0.2, 0.25) is 0 Å². The van der Waals surface area contributed by atoms with Crippen LogP contribution in [0, 0.1) is 44.8 Å². The molecule has 0 aliphatic heterocycles. The molecule has 0 bridgehead atoms. The molecule has 3 rings (SSSR count). The third-order valence-corrected chi connectivity index (χ3v) is 13.1. The summed E-state index contributed by atoms with van der Waals surface area (Å²) in [4.78, 5) is 13.9. The van der Waals surface area contributed by atoms with Crippen molar-refractivity contribution in [1.29, 1.82) is 0 Å². The van der Waals surface area contributed by atoms with Crippen LogP contribution in [0.4, 0.5) is 0 Å². The maximum Gasteiger partial charge on any atom is 0.312 e. The molecule has 0 aromatic rings. The third-order valence-electron chi connectivity index (χ3n) is 13.1. The van der Waals surface area contributed by atoms with Gasteiger partial charge in [0.05, 0.1) is 5.41 Å². The first-order chi connectivity index (χ1) is 17.2. The first kappa shape index (κ1) is 30.2. The lowest BCUT2D eigenvalue weighted by Crippen LogP contribution is -2.66. The number of carbonyl (C=O) groups excluding carboxylic acids is 1. The van der Waals surface area contributed by atoms with Crippen molar-refractivity contribution in [1.82, 2.24) is 0 Å². The van der Waals surface area contributed by atoms with E-state index in [0.29, 0.717) is 24.4 Å². The largest absolute Gasteiger partial charge is 0.460 e. The van der Waals surface area contributed by atoms with E-state index in [9.17, 15) is 4.79 Å². The Hall–Kier alpha value is -1.31. The Kier molecular flexibility index (Phi) is 8.74. The second-order valence-corrected chi connectivity index (χ2v) is 14.5. The molecule has 0 spiro atoms. The number of hydrogen-bond donors (Lipinski definition) is 0. The summed E-state index contributed by atoms with van der Waals surface area (Å²) in [5.41, 5.74) is 2.97. The monoisotopic (exact) mass is 512 g/mol. The van der Waals surface area contributed by atoms with E-state index in [2.05, 4.69) is 75.0 Å². The average Bonchev–Trinajstić information content (AvgIpc) is 3.31. The van der Waals surface area contributed by atoms with Gasteiger partial charge in [0, 0.05) is 1.43 Å². The van der Waals surface area contributed by atoms with E-state index in [1.807, 2.05) is 19.1 Å². The molecule has 37 heavy (non-hydrogen) atoms. The zero-order chi connectivity index (χ0) is 27.9. The summed E-state index contributed by atoms with van der Waals surface area (Å²) in [6.45, 7) is 28.5. The second kappa shape index (κ2) is 10.7. The maximum atomic E-state index is 13.9. The van der Waals surface area contributed by atoms with Crippen LogP contribution >= 0.6 is 0 Å². The lowest BCUT2D eigenvalue weighted by atomic mass is 9.32. The van der Waals surface area contributed by atoms with Crippen LogP contribution in [0.1, 0.15) is 128 Å². The molecule has 3 aliphatic rings. The zero-order valence-corrected chi connectivity index (χ0v) is 26.1. The predicted octanol–water partition coefficient (Wildman–Crippen LogP) is 10.3. The summed E-state index contributed by atoms with van der Waals surface area (Å²) >= 11 is 0. The minimum atomic E-state index is -0.306. The Morgan fingerprint density at radius 2 is 1.81 bits per heavy atom. The van der Waals surface area contributed by atoms with Gasteiger partial charge >= 0.3 is 5.97 Å². The molecule has 0 aromatic carbocycles. The molecule has 3 saturated carbocycles. The summed E-state index contributed by atoms with van der Waals surface area (Å²) < 4.78 is 6.04. The smallest absolute Gasteiger partial charge is 0.312 e. The Labute approximate surface area is 231 Å². The fourth-order valence-corrected chi connectivity index (χ4v) is 9.78. The molecule has 7 atom stereocenters. The van der Waals surface area contributed by atoms with Gasteiger partial charge in [-0.15, -0.1) is 0 Å². The van der Waals surface area contributed by atoms with Crippen LogP contribution in [0.3, 0.4) is 0 Å². The standard InChI is InChI=1S/C35H58O2.H2/c1-12-27(13-2)24-37-30(36)35-19-15-16-29(35)33(10)21-18-28(31(8,26(6)7)20-17-25(4)5)32(9,14-3)34(33,11)22-23-35;/h12-13,17,26,28-29H,1,14-16,18-24H2,2-11H3;1H/b27-13+;/t28-,29-,31+,32-,33-,34?,35?;/m1./s1. The fraction of sp³-hybridized carbons (Fsp3) is 0.800. The Morgan fingerprint density at radius 1 is 1.14 bits per heavy atom. The van der Waals surface area contributed by atoms with Crippen molar-refractivity contribution in [2.24, 2.45) is 44.8 Å². The van der Waals surface area contributed by atoms with E-state index in [1.54, 1.807) is 0 Å². The summed E-state index contributed by atoms with van der Waals surface area (Å²) in [6.07, 6.45) is 16.6. The SMILES string of the molecule is C=C/C(=C\C)COC(=O)C12CCC[C@@H]1[C@@]1(C)CC[C@H]([C@@](C)(CC=C(C)C)C(C)C)[C@@](C)(CC)C1(C)CC2.[HH]. The highest BCUT2D eigenvalue weighted by atomic mass is 16.5. The van der Waals surface area contributed by atoms with Gasteiger partial charge in [0.15, 0.2) is 0 Å². The van der Waals surface area contributed by atoms with Crippen LogP contribution in [0.25, 0.3) is 0 Å². The molecule has 0 radical (unpaired) electrons. The van der Waals surface area contributed by atoms with E-state index in [1.165, 1.54) is 31.3 Å². The van der Waals surface area contributed by atoms with Gasteiger partial charge in [-0.05, 0) is 117 Å². The molecule has 0 aromatic heterocycles. The van der Waals surface area contributed by atoms with Crippen LogP contribution in [-0.4, -0.2) is 12.6 Å². The first-order valence-corrected chi connectivity index (χ1v) is 15.3. The molecule has 3 aliphatic carbocycles. The molecule has 3 fully saturated rings. The zero-order valence-electron chi connectivity index (χ0n) is 26.1. The van der Waals surface area contributed by atoms with Crippen molar-refractivity contribution in [3.05, 3.63) is 36.0 Å². The number of ether oxygens (including phenoxy) is 1. The highest BCUT2D eigenvalue weighted by Gasteiger charge is 2.72. The molecule has 2 unspecified atom stereocenters. The second-order valence-electron chi connectivity index (χ2n) is 14.5. The molecule has 0 saturated heterocycles. The van der Waals surface area contributed by atoms with Gasteiger partial charge in [-0.1, -0.05) is 85.3 Å². The number of hydrogen-bond acceptors (Lipinski definition) is 2. The normalized spacial score (nSPS) is 39.4. The van der Waals surface area contributed by atoms with Gasteiger partial charge in [-0.2, -0.15) is 0 Å². The molecule has 212 valence electrons. The van der Waals surface area contributed by atoms with Gasteiger partial charge in [0.1, 0.15) is 6.61 Å². The summed E-state index contributed by atoms with van der Waals surface area (Å²) in [5, 5.41) is 0. The quantitative estimate of drug-likeness (QED) is 0.174. The molecule has 0 heterocycles. The molecule has 2 nitrogen and oxygen atoms in total. The van der Waals surface area contributed by atoms with Crippen molar-refractivity contribution in [3.63, 3.8) is 0 Å². The minimum absolute atomic E-state index is 0. The van der Waals surface area contributed by atoms with Crippen LogP contribution in [0.5, 0.6) is 0 Å². The average molecular weight is 513 g/mol. The van der Waals surface area contributed by atoms with Gasteiger partial charge < -0.3 is 4.74 Å². The Bertz CT molecular complexity index is 928. The summed E-state index contributed by atoms with van der Waals surface area (Å²) in [5.74, 6) is 1.78. The van der Waals surface area contributed by atoms with E-state index in [4.69, 9.17) is 4.74 Å². The topological polar surface area (TPSA) is 26.3 Å². The van der Waals surface area contributed by atoms with E-state index in [-0.39, 0.29) is 34.5 Å². The third kappa shape index (κ3) is 4.51. The summed E-state index contributed by atoms with van der Waals surface area (Å²) in [7, 11) is 0. The highest BCUT2D eigenvalue weighted by molar-refractivity contribution is 5.78. The van der Waals surface area contributed by atoms with Gasteiger partial charge in [0.25, 0.3) is 0 Å². The molecular weight excluding hydrogens is 452 g/mol. The Balaban J connectivity index is 0.00000507. The summed E-state index contributed by atoms with van der Waals surface area (Å²) in [6, 6.07) is 0. The lowest BCUT2D eigenvalue weighted by molar-refractivity contribution is -0.240. The van der Waals surface area contributed by atoms with Gasteiger partial charge in [-0.3, -0.25) is 4.79 Å². The molecule has 0 N–H and O–H groups in total.